The maximum atomic E-state index is 10.7. The fourth-order valence-electron chi connectivity index (χ4n) is 0.696. The van der Waals surface area contributed by atoms with Crippen LogP contribution in [-0.2, 0) is 13.9 Å². The van der Waals surface area contributed by atoms with Crippen molar-refractivity contribution in [2.45, 2.75) is 12.7 Å². The van der Waals surface area contributed by atoms with E-state index in [1.807, 2.05) is 0 Å². The van der Waals surface area contributed by atoms with Crippen LogP contribution in [0, 0.1) is 0 Å². The molecule has 0 heterocycles. The summed E-state index contributed by atoms with van der Waals surface area (Å²) in [6.45, 7) is 0.988. The van der Waals surface area contributed by atoms with Gasteiger partial charge < -0.3 is 24.9 Å². The van der Waals surface area contributed by atoms with Crippen molar-refractivity contribution in [3.05, 3.63) is 0 Å². The molecule has 10 heteroatoms. The van der Waals surface area contributed by atoms with E-state index in [1.54, 1.807) is 5.32 Å². The molecule has 0 rings (SSSR count). The molecule has 0 bridgehead atoms. The lowest BCUT2D eigenvalue weighted by atomic mass is 10.6. The van der Waals surface area contributed by atoms with Crippen molar-refractivity contribution >= 4 is 21.1 Å². The van der Waals surface area contributed by atoms with E-state index in [4.69, 9.17) is 19.6 Å². The van der Waals surface area contributed by atoms with Crippen LogP contribution in [-0.4, -0.2) is 37.4 Å². The first-order chi connectivity index (χ1) is 6.02. The van der Waals surface area contributed by atoms with Gasteiger partial charge in [0.25, 0.3) is 0 Å². The summed E-state index contributed by atoms with van der Waals surface area (Å²) in [4.78, 5) is 44.7. The average molecular weight is 247 g/mol. The summed E-state index contributed by atoms with van der Waals surface area (Å²) >= 11 is 0. The van der Waals surface area contributed by atoms with Gasteiger partial charge in [-0.2, -0.15) is 0 Å². The standard InChI is InChI=1S/C4H11NO7P2/c1-3(6)5-4(14(10,11)12)2-13(7,8)9/h4H,2H2,1H3,(H,5,6)(H2,7,8,9)(H2,10,11,12). The van der Waals surface area contributed by atoms with Gasteiger partial charge in [-0.05, 0) is 0 Å². The highest BCUT2D eigenvalue weighted by Gasteiger charge is 2.35. The summed E-state index contributed by atoms with van der Waals surface area (Å²) < 4.78 is 21.2. The maximum Gasteiger partial charge on any atom is 0.348 e. The van der Waals surface area contributed by atoms with Crippen molar-refractivity contribution in [1.82, 2.24) is 5.32 Å². The van der Waals surface area contributed by atoms with E-state index < -0.39 is 33.0 Å². The van der Waals surface area contributed by atoms with Crippen molar-refractivity contribution in [3.63, 3.8) is 0 Å². The van der Waals surface area contributed by atoms with Gasteiger partial charge in [-0.1, -0.05) is 0 Å². The molecule has 0 aliphatic carbocycles. The summed E-state index contributed by atoms with van der Waals surface area (Å²) in [5, 5.41) is 1.78. The van der Waals surface area contributed by atoms with Crippen molar-refractivity contribution < 1.29 is 33.5 Å². The Morgan fingerprint density at radius 3 is 1.93 bits per heavy atom. The number of hydrogen-bond donors (Lipinski definition) is 5. The fraction of sp³-hybridized carbons (Fsp3) is 0.750. The maximum absolute atomic E-state index is 10.7. The highest BCUT2D eigenvalue weighted by molar-refractivity contribution is 7.56. The van der Waals surface area contributed by atoms with Crippen molar-refractivity contribution in [1.29, 1.82) is 0 Å². The summed E-state index contributed by atoms with van der Waals surface area (Å²) in [5.41, 5.74) is 0. The van der Waals surface area contributed by atoms with Crippen molar-refractivity contribution in [2.24, 2.45) is 0 Å². The van der Waals surface area contributed by atoms with E-state index in [2.05, 4.69) is 0 Å². The Balaban J connectivity index is 4.67. The average Bonchev–Trinajstić information content (AvgIpc) is 1.78. The lowest BCUT2D eigenvalue weighted by Gasteiger charge is -2.19. The molecule has 1 amide bonds. The number of nitrogens with one attached hydrogen (secondary N) is 1. The minimum absolute atomic E-state index is 0.772. The normalized spacial score (nSPS) is 14.9. The van der Waals surface area contributed by atoms with Crippen LogP contribution in [0.25, 0.3) is 0 Å². The number of rotatable bonds is 4. The van der Waals surface area contributed by atoms with Gasteiger partial charge in [0, 0.05) is 6.92 Å². The first-order valence-corrected chi connectivity index (χ1v) is 6.87. The van der Waals surface area contributed by atoms with E-state index >= 15 is 0 Å². The van der Waals surface area contributed by atoms with Crippen LogP contribution in [0.4, 0.5) is 0 Å². The number of carbonyl (C=O) groups is 1. The molecule has 8 nitrogen and oxygen atoms in total. The summed E-state index contributed by atoms with van der Waals surface area (Å²) in [7, 11) is -9.33. The monoisotopic (exact) mass is 247 g/mol. The highest BCUT2D eigenvalue weighted by Crippen LogP contribution is 2.47. The van der Waals surface area contributed by atoms with Crippen LogP contribution in [0.3, 0.4) is 0 Å². The van der Waals surface area contributed by atoms with Gasteiger partial charge in [0.05, 0.1) is 6.16 Å². The second-order valence-electron chi connectivity index (χ2n) is 2.65. The SMILES string of the molecule is CC(=O)NC(CP(=O)(O)O)P(=O)(O)O. The molecule has 84 valence electrons. The van der Waals surface area contributed by atoms with Crippen LogP contribution >= 0.6 is 15.2 Å². The van der Waals surface area contributed by atoms with Gasteiger partial charge in [-0.3, -0.25) is 13.9 Å². The molecule has 0 aromatic carbocycles. The van der Waals surface area contributed by atoms with E-state index in [-0.39, 0.29) is 0 Å². The second-order valence-corrected chi connectivity index (χ2v) is 6.15. The lowest BCUT2D eigenvalue weighted by Crippen LogP contribution is -2.35. The lowest BCUT2D eigenvalue weighted by molar-refractivity contribution is -0.119. The Morgan fingerprint density at radius 2 is 1.71 bits per heavy atom. The largest absolute Gasteiger partial charge is 0.348 e. The quantitative estimate of drug-likeness (QED) is 0.392. The molecule has 0 radical (unpaired) electrons. The molecule has 0 aromatic heterocycles. The molecule has 0 aromatic rings. The molecule has 0 saturated heterocycles. The second kappa shape index (κ2) is 4.53. The van der Waals surface area contributed by atoms with Gasteiger partial charge in [-0.15, -0.1) is 0 Å². The smallest absolute Gasteiger partial charge is 0.342 e. The molecule has 0 saturated carbocycles. The van der Waals surface area contributed by atoms with Crippen molar-refractivity contribution in [2.75, 3.05) is 6.16 Å². The zero-order valence-electron chi connectivity index (χ0n) is 7.19. The van der Waals surface area contributed by atoms with Gasteiger partial charge in [-0.25, -0.2) is 0 Å². The van der Waals surface area contributed by atoms with Crippen LogP contribution in [0.1, 0.15) is 6.92 Å². The van der Waals surface area contributed by atoms with Crippen LogP contribution in [0.2, 0.25) is 0 Å². The fourth-order valence-corrected chi connectivity index (χ4v) is 3.08. The highest BCUT2D eigenvalue weighted by atomic mass is 31.2. The van der Waals surface area contributed by atoms with Gasteiger partial charge in [0.15, 0.2) is 0 Å². The molecular weight excluding hydrogens is 236 g/mol. The van der Waals surface area contributed by atoms with Crippen molar-refractivity contribution in [3.8, 4) is 0 Å². The van der Waals surface area contributed by atoms with Crippen LogP contribution in [0.15, 0.2) is 0 Å². The Labute approximate surface area is 79.6 Å². The minimum Gasteiger partial charge on any atom is -0.342 e. The molecule has 0 aliphatic heterocycles. The van der Waals surface area contributed by atoms with Gasteiger partial charge in [0.2, 0.25) is 5.91 Å². The topological polar surface area (TPSA) is 144 Å². The zero-order valence-corrected chi connectivity index (χ0v) is 8.98. The number of amides is 1. The third-order valence-electron chi connectivity index (χ3n) is 1.19. The molecule has 5 N–H and O–H groups in total. The minimum atomic E-state index is -4.75. The summed E-state index contributed by atoms with van der Waals surface area (Å²) in [6.07, 6.45) is -1.09. The van der Waals surface area contributed by atoms with E-state index in [0.717, 1.165) is 6.92 Å². The predicted molar refractivity (Wildman–Crippen MR) is 46.6 cm³/mol. The third kappa shape index (κ3) is 6.26. The summed E-state index contributed by atoms with van der Waals surface area (Å²) in [6, 6.07) is 0. The Bertz CT molecular complexity index is 303. The van der Waals surface area contributed by atoms with Crippen LogP contribution in [0.5, 0.6) is 0 Å². The van der Waals surface area contributed by atoms with E-state index in [1.165, 1.54) is 0 Å². The van der Waals surface area contributed by atoms with E-state index in [0.29, 0.717) is 0 Å². The molecular formula is C4H11NO7P2. The Morgan fingerprint density at radius 1 is 1.29 bits per heavy atom. The number of carbonyl (C=O) groups excluding carboxylic acids is 1. The summed E-state index contributed by atoms with van der Waals surface area (Å²) in [5.74, 6) is -2.62. The Kier molecular flexibility index (Phi) is 4.45. The first-order valence-electron chi connectivity index (χ1n) is 3.39. The zero-order chi connectivity index (χ0) is 11.6. The molecule has 0 spiro atoms. The first kappa shape index (κ1) is 13.8. The third-order valence-corrected chi connectivity index (χ3v) is 3.44. The van der Waals surface area contributed by atoms with Gasteiger partial charge in [0.1, 0.15) is 5.78 Å². The van der Waals surface area contributed by atoms with Crippen LogP contribution < -0.4 is 5.32 Å². The predicted octanol–water partition coefficient (Wildman–Crippen LogP) is -1.20. The van der Waals surface area contributed by atoms with E-state index in [9.17, 15) is 13.9 Å². The number of hydrogen-bond acceptors (Lipinski definition) is 3. The molecule has 1 atom stereocenters. The molecule has 0 aliphatic rings. The molecule has 0 fully saturated rings. The molecule has 14 heavy (non-hydrogen) atoms. The molecule has 1 unspecified atom stereocenters. The van der Waals surface area contributed by atoms with Gasteiger partial charge >= 0.3 is 15.2 Å². The Hall–Kier alpha value is -0.230.